The van der Waals surface area contributed by atoms with Gasteiger partial charge in [0.25, 0.3) is 5.69 Å². The lowest BCUT2D eigenvalue weighted by atomic mass is 9.96. The second-order valence-electron chi connectivity index (χ2n) is 5.24. The minimum Gasteiger partial charge on any atom is -0.478 e. The number of non-ortho nitro benzene ring substituents is 1. The minimum atomic E-state index is -1.09. The van der Waals surface area contributed by atoms with Crippen molar-refractivity contribution in [1.82, 2.24) is 0 Å². The summed E-state index contributed by atoms with van der Waals surface area (Å²) in [5.41, 5.74) is 1.06. The van der Waals surface area contributed by atoms with Gasteiger partial charge in [-0.15, -0.1) is 0 Å². The fourth-order valence-electron chi connectivity index (χ4n) is 2.61. The fraction of sp³-hybridized carbons (Fsp3) is 0. The molecule has 5 nitrogen and oxygen atoms in total. The van der Waals surface area contributed by atoms with E-state index >= 15 is 0 Å². The maximum Gasteiger partial charge on any atom is 0.336 e. The van der Waals surface area contributed by atoms with Crippen molar-refractivity contribution >= 4 is 34.1 Å². The summed E-state index contributed by atoms with van der Waals surface area (Å²) in [5, 5.41) is 22.3. The van der Waals surface area contributed by atoms with Crippen LogP contribution >= 0.6 is 0 Å². The molecule has 24 heavy (non-hydrogen) atoms. The maximum absolute atomic E-state index is 11.8. The molecule has 0 saturated carbocycles. The highest BCUT2D eigenvalue weighted by Gasteiger charge is 2.14. The third kappa shape index (κ3) is 3.01. The Balaban J connectivity index is 2.18. The smallest absolute Gasteiger partial charge is 0.336 e. The Morgan fingerprint density at radius 1 is 1.00 bits per heavy atom. The number of nitrogens with zero attached hydrogens (tertiary/aromatic N) is 1. The van der Waals surface area contributed by atoms with Gasteiger partial charge in [-0.3, -0.25) is 10.1 Å². The largest absolute Gasteiger partial charge is 0.478 e. The SMILES string of the molecule is O=C(O)C(=Cc1cccc([N+](=O)[O-])c1)c1cccc2ccccc12. The van der Waals surface area contributed by atoms with Crippen LogP contribution in [0.4, 0.5) is 5.69 Å². The third-order valence-electron chi connectivity index (χ3n) is 3.70. The summed E-state index contributed by atoms with van der Waals surface area (Å²) in [6.45, 7) is 0. The highest BCUT2D eigenvalue weighted by Crippen LogP contribution is 2.27. The van der Waals surface area contributed by atoms with E-state index in [1.807, 2.05) is 30.3 Å². The summed E-state index contributed by atoms with van der Waals surface area (Å²) in [7, 11) is 0. The average Bonchev–Trinajstić information content (AvgIpc) is 2.59. The van der Waals surface area contributed by atoms with Crippen molar-refractivity contribution in [2.75, 3.05) is 0 Å². The van der Waals surface area contributed by atoms with Crippen LogP contribution in [0.25, 0.3) is 22.4 Å². The van der Waals surface area contributed by atoms with E-state index in [-0.39, 0.29) is 11.3 Å². The van der Waals surface area contributed by atoms with Crippen molar-refractivity contribution in [3.05, 3.63) is 88.0 Å². The van der Waals surface area contributed by atoms with Gasteiger partial charge < -0.3 is 5.11 Å². The highest BCUT2D eigenvalue weighted by atomic mass is 16.6. The number of carboxylic acid groups (broad SMARTS) is 1. The minimum absolute atomic E-state index is 0.0774. The monoisotopic (exact) mass is 319 g/mol. The van der Waals surface area contributed by atoms with Crippen LogP contribution in [0.15, 0.2) is 66.7 Å². The van der Waals surface area contributed by atoms with Crippen LogP contribution in [0.5, 0.6) is 0 Å². The van der Waals surface area contributed by atoms with Crippen molar-refractivity contribution in [1.29, 1.82) is 0 Å². The number of hydrogen-bond donors (Lipinski definition) is 1. The third-order valence-corrected chi connectivity index (χ3v) is 3.70. The van der Waals surface area contributed by atoms with E-state index in [4.69, 9.17) is 0 Å². The van der Waals surface area contributed by atoms with Crippen LogP contribution < -0.4 is 0 Å². The molecular formula is C19H13NO4. The molecule has 3 aromatic rings. The summed E-state index contributed by atoms with van der Waals surface area (Å²) in [6, 6.07) is 18.8. The molecule has 0 aliphatic rings. The number of fused-ring (bicyclic) bond motifs is 1. The first kappa shape index (κ1) is 15.4. The molecule has 1 N–H and O–H groups in total. The van der Waals surface area contributed by atoms with Gasteiger partial charge in [0.2, 0.25) is 0 Å². The van der Waals surface area contributed by atoms with Gasteiger partial charge in [-0.1, -0.05) is 54.6 Å². The Morgan fingerprint density at radius 2 is 1.71 bits per heavy atom. The quantitative estimate of drug-likeness (QED) is 0.335. The first-order valence-electron chi connectivity index (χ1n) is 7.24. The number of nitro benzene ring substituents is 1. The second-order valence-corrected chi connectivity index (χ2v) is 5.24. The van der Waals surface area contributed by atoms with Gasteiger partial charge >= 0.3 is 5.97 Å². The Labute approximate surface area is 137 Å². The van der Waals surface area contributed by atoms with Gasteiger partial charge in [-0.2, -0.15) is 0 Å². The van der Waals surface area contributed by atoms with E-state index < -0.39 is 10.9 Å². The number of benzene rings is 3. The van der Waals surface area contributed by atoms with Crippen LogP contribution in [-0.2, 0) is 4.79 Å². The van der Waals surface area contributed by atoms with Crippen LogP contribution in [0.3, 0.4) is 0 Å². The van der Waals surface area contributed by atoms with Gasteiger partial charge in [0.15, 0.2) is 0 Å². The summed E-state index contributed by atoms with van der Waals surface area (Å²) in [6.07, 6.45) is 1.46. The molecule has 0 fully saturated rings. The van der Waals surface area contributed by atoms with Gasteiger partial charge in [0, 0.05) is 12.1 Å². The standard InChI is InChI=1S/C19H13NO4/c21-19(22)18(12-13-5-3-8-15(11-13)20(23)24)17-10-4-7-14-6-1-2-9-16(14)17/h1-12H,(H,21,22). The van der Waals surface area contributed by atoms with Gasteiger partial charge in [0.1, 0.15) is 0 Å². The van der Waals surface area contributed by atoms with Crippen LogP contribution in [0, 0.1) is 10.1 Å². The van der Waals surface area contributed by atoms with E-state index in [0.29, 0.717) is 11.1 Å². The van der Waals surface area contributed by atoms with Gasteiger partial charge in [0.05, 0.1) is 10.5 Å². The molecule has 0 aromatic heterocycles. The molecule has 0 aliphatic carbocycles. The average molecular weight is 319 g/mol. The number of rotatable bonds is 4. The predicted octanol–water partition coefficient (Wildman–Crippen LogP) is 4.37. The lowest BCUT2D eigenvalue weighted by Gasteiger charge is -2.08. The number of aliphatic carboxylic acids is 1. The Hall–Kier alpha value is -3.47. The topological polar surface area (TPSA) is 80.4 Å². The molecule has 0 bridgehead atoms. The van der Waals surface area contributed by atoms with Gasteiger partial charge in [-0.25, -0.2) is 4.79 Å². The first-order chi connectivity index (χ1) is 11.6. The molecule has 5 heteroatoms. The molecule has 0 radical (unpaired) electrons. The fourth-order valence-corrected chi connectivity index (χ4v) is 2.61. The van der Waals surface area contributed by atoms with E-state index in [2.05, 4.69) is 0 Å². The lowest BCUT2D eigenvalue weighted by Crippen LogP contribution is -2.00. The van der Waals surface area contributed by atoms with Crippen molar-refractivity contribution < 1.29 is 14.8 Å². The van der Waals surface area contributed by atoms with E-state index in [0.717, 1.165) is 10.8 Å². The molecule has 0 atom stereocenters. The predicted molar refractivity (Wildman–Crippen MR) is 92.6 cm³/mol. The summed E-state index contributed by atoms with van der Waals surface area (Å²) < 4.78 is 0. The number of hydrogen-bond acceptors (Lipinski definition) is 3. The van der Waals surface area contributed by atoms with Crippen molar-refractivity contribution in [3.8, 4) is 0 Å². The molecule has 0 amide bonds. The molecule has 0 saturated heterocycles. The molecule has 0 spiro atoms. The number of carbonyl (C=O) groups is 1. The summed E-state index contributed by atoms with van der Waals surface area (Å²) in [4.78, 5) is 22.1. The van der Waals surface area contributed by atoms with Gasteiger partial charge in [-0.05, 0) is 28.0 Å². The van der Waals surface area contributed by atoms with E-state index in [1.165, 1.54) is 24.3 Å². The van der Waals surface area contributed by atoms with Crippen LogP contribution in [0.2, 0.25) is 0 Å². The Kier molecular flexibility index (Phi) is 4.07. The molecular weight excluding hydrogens is 306 g/mol. The second kappa shape index (κ2) is 6.34. The molecule has 3 aromatic carbocycles. The molecule has 3 rings (SSSR count). The molecule has 0 aliphatic heterocycles. The van der Waals surface area contributed by atoms with E-state index in [9.17, 15) is 20.0 Å². The number of nitro groups is 1. The zero-order chi connectivity index (χ0) is 17.1. The van der Waals surface area contributed by atoms with Crippen LogP contribution in [-0.4, -0.2) is 16.0 Å². The Morgan fingerprint density at radius 3 is 2.46 bits per heavy atom. The normalized spacial score (nSPS) is 11.4. The number of carboxylic acids is 1. The Bertz CT molecular complexity index is 971. The van der Waals surface area contributed by atoms with Crippen molar-refractivity contribution in [2.45, 2.75) is 0 Å². The zero-order valence-corrected chi connectivity index (χ0v) is 12.5. The van der Waals surface area contributed by atoms with Crippen molar-refractivity contribution in [2.24, 2.45) is 0 Å². The zero-order valence-electron chi connectivity index (χ0n) is 12.5. The van der Waals surface area contributed by atoms with Crippen LogP contribution in [0.1, 0.15) is 11.1 Å². The van der Waals surface area contributed by atoms with E-state index in [1.54, 1.807) is 18.2 Å². The lowest BCUT2D eigenvalue weighted by molar-refractivity contribution is -0.384. The summed E-state index contributed by atoms with van der Waals surface area (Å²) >= 11 is 0. The highest BCUT2D eigenvalue weighted by molar-refractivity contribution is 6.23. The molecule has 0 heterocycles. The maximum atomic E-state index is 11.8. The summed E-state index contributed by atoms with van der Waals surface area (Å²) in [5.74, 6) is -1.09. The first-order valence-corrected chi connectivity index (χ1v) is 7.24. The molecule has 0 unspecified atom stereocenters. The molecule has 118 valence electrons. The van der Waals surface area contributed by atoms with Crippen molar-refractivity contribution in [3.63, 3.8) is 0 Å².